The summed E-state index contributed by atoms with van der Waals surface area (Å²) >= 11 is 0. The molecule has 0 amide bonds. The molecule has 2 N–H and O–H groups in total. The lowest BCUT2D eigenvalue weighted by Gasteiger charge is -2.26. The van der Waals surface area contributed by atoms with Crippen LogP contribution in [0.1, 0.15) is 6.92 Å². The van der Waals surface area contributed by atoms with Crippen LogP contribution < -0.4 is 5.32 Å². The maximum absolute atomic E-state index is 9.23. The summed E-state index contributed by atoms with van der Waals surface area (Å²) in [5.74, 6) is 0. The summed E-state index contributed by atoms with van der Waals surface area (Å²) in [5, 5.41) is 13.1. The van der Waals surface area contributed by atoms with E-state index in [2.05, 4.69) is 10.3 Å². The molecule has 0 fully saturated rings. The highest BCUT2D eigenvalue weighted by atomic mass is 16.5. The Labute approximate surface area is 59.8 Å². The fourth-order valence-corrected chi connectivity index (χ4v) is 0.762. The second-order valence-corrected chi connectivity index (χ2v) is 2.11. The predicted octanol–water partition coefficient (Wildman–Crippen LogP) is 0.169. The van der Waals surface area contributed by atoms with Crippen LogP contribution in [0.2, 0.25) is 0 Å². The molecule has 0 radical (unpaired) electrons. The quantitative estimate of drug-likeness (QED) is 0.547. The maximum atomic E-state index is 9.23. The Morgan fingerprint density at radius 1 is 1.80 bits per heavy atom. The molecule has 0 spiro atoms. The summed E-state index contributed by atoms with van der Waals surface area (Å²) < 4.78 is 0. The molecule has 4 heteroatoms. The normalized spacial score (nSPS) is 24.9. The van der Waals surface area contributed by atoms with Gasteiger partial charge in [0.05, 0.1) is 0 Å². The predicted molar refractivity (Wildman–Crippen MR) is 38.7 cm³/mol. The second-order valence-electron chi connectivity index (χ2n) is 2.11. The molecule has 0 aromatic carbocycles. The van der Waals surface area contributed by atoms with Gasteiger partial charge in [0.25, 0.3) is 0 Å². The van der Waals surface area contributed by atoms with Gasteiger partial charge in [-0.3, -0.25) is 15.5 Å². The molecule has 0 saturated carbocycles. The molecule has 1 rings (SSSR count). The first-order valence-electron chi connectivity index (χ1n) is 3.11. The van der Waals surface area contributed by atoms with Gasteiger partial charge < -0.3 is 0 Å². The Morgan fingerprint density at radius 3 is 3.00 bits per heavy atom. The average molecular weight is 141 g/mol. The van der Waals surface area contributed by atoms with Crippen LogP contribution >= 0.6 is 0 Å². The van der Waals surface area contributed by atoms with Gasteiger partial charge in [-0.2, -0.15) is 0 Å². The van der Waals surface area contributed by atoms with Crippen LogP contribution in [-0.2, 0) is 0 Å². The number of nitrogens with zero attached hydrogens (tertiary/aromatic N) is 2. The van der Waals surface area contributed by atoms with Gasteiger partial charge in [-0.05, 0) is 20.0 Å². The molecule has 1 aliphatic heterocycles. The van der Waals surface area contributed by atoms with E-state index in [0.717, 1.165) is 10.8 Å². The average Bonchev–Trinajstić information content (AvgIpc) is 1.95. The summed E-state index contributed by atoms with van der Waals surface area (Å²) in [5.41, 5.74) is 0.786. The van der Waals surface area contributed by atoms with E-state index in [4.69, 9.17) is 0 Å². The van der Waals surface area contributed by atoms with Crippen molar-refractivity contribution in [2.24, 2.45) is 4.99 Å². The van der Waals surface area contributed by atoms with Crippen LogP contribution in [0.5, 0.6) is 0 Å². The van der Waals surface area contributed by atoms with Crippen molar-refractivity contribution in [1.29, 1.82) is 0 Å². The minimum Gasteiger partial charge on any atom is -0.285 e. The number of hydrogen-bond acceptors (Lipinski definition) is 4. The van der Waals surface area contributed by atoms with Crippen molar-refractivity contribution < 1.29 is 5.21 Å². The van der Waals surface area contributed by atoms with Crippen molar-refractivity contribution in [1.82, 2.24) is 10.4 Å². The van der Waals surface area contributed by atoms with Gasteiger partial charge in [0.2, 0.25) is 0 Å². The molecule has 56 valence electrons. The van der Waals surface area contributed by atoms with Crippen LogP contribution in [-0.4, -0.2) is 29.8 Å². The van der Waals surface area contributed by atoms with Gasteiger partial charge in [0.1, 0.15) is 0 Å². The fraction of sp³-hybridized carbons (Fsp3) is 0.500. The van der Waals surface area contributed by atoms with Crippen LogP contribution in [0.15, 0.2) is 16.8 Å². The standard InChI is InChI=1S/C6H11N3O/c1-5-3-4-8-6(7-2)9(5)10/h3-4,6-7,10H,1-2H3. The summed E-state index contributed by atoms with van der Waals surface area (Å²) in [7, 11) is 1.74. The molecule has 0 aliphatic carbocycles. The Hall–Kier alpha value is -0.870. The zero-order chi connectivity index (χ0) is 7.56. The van der Waals surface area contributed by atoms with Crippen LogP contribution in [0.3, 0.4) is 0 Å². The van der Waals surface area contributed by atoms with Crippen molar-refractivity contribution in [3.05, 3.63) is 11.8 Å². The number of hydrogen-bond donors (Lipinski definition) is 2. The van der Waals surface area contributed by atoms with E-state index < -0.39 is 0 Å². The number of nitrogens with one attached hydrogen (secondary N) is 1. The third-order valence-electron chi connectivity index (χ3n) is 1.39. The van der Waals surface area contributed by atoms with E-state index in [1.807, 2.05) is 6.92 Å². The Balaban J connectivity index is 2.68. The maximum Gasteiger partial charge on any atom is 0.198 e. The third kappa shape index (κ3) is 1.17. The Bertz CT molecular complexity index is 176. The van der Waals surface area contributed by atoms with Crippen molar-refractivity contribution in [2.75, 3.05) is 7.05 Å². The monoisotopic (exact) mass is 141 g/mol. The highest BCUT2D eigenvalue weighted by Crippen LogP contribution is 2.07. The van der Waals surface area contributed by atoms with E-state index in [-0.39, 0.29) is 6.29 Å². The summed E-state index contributed by atoms with van der Waals surface area (Å²) in [4.78, 5) is 3.94. The second kappa shape index (κ2) is 2.81. The molecule has 0 saturated heterocycles. The highest BCUT2D eigenvalue weighted by Gasteiger charge is 2.14. The summed E-state index contributed by atoms with van der Waals surface area (Å²) in [6.45, 7) is 1.82. The van der Waals surface area contributed by atoms with Crippen LogP contribution in [0.25, 0.3) is 0 Å². The first kappa shape index (κ1) is 7.24. The first-order valence-corrected chi connectivity index (χ1v) is 3.11. The molecule has 1 heterocycles. The number of rotatable bonds is 1. The highest BCUT2D eigenvalue weighted by molar-refractivity contribution is 5.72. The van der Waals surface area contributed by atoms with Gasteiger partial charge in [-0.15, -0.1) is 0 Å². The third-order valence-corrected chi connectivity index (χ3v) is 1.39. The molecule has 0 bridgehead atoms. The molecule has 0 aromatic heterocycles. The SMILES string of the molecule is CNC1N=CC=C(C)N1O. The van der Waals surface area contributed by atoms with Gasteiger partial charge in [0.15, 0.2) is 6.29 Å². The van der Waals surface area contributed by atoms with E-state index in [1.54, 1.807) is 19.3 Å². The molecule has 10 heavy (non-hydrogen) atoms. The molecular formula is C6H11N3O. The number of allylic oxidation sites excluding steroid dienone is 2. The van der Waals surface area contributed by atoms with Gasteiger partial charge >= 0.3 is 0 Å². The fourth-order valence-electron chi connectivity index (χ4n) is 0.762. The van der Waals surface area contributed by atoms with Gasteiger partial charge in [0, 0.05) is 11.9 Å². The van der Waals surface area contributed by atoms with Crippen LogP contribution in [0, 0.1) is 0 Å². The Morgan fingerprint density at radius 2 is 2.50 bits per heavy atom. The number of hydroxylamine groups is 2. The molecule has 1 aliphatic rings. The van der Waals surface area contributed by atoms with Crippen molar-refractivity contribution in [2.45, 2.75) is 13.2 Å². The molecule has 1 unspecified atom stereocenters. The number of aliphatic imine (C=N–C) groups is 1. The first-order chi connectivity index (χ1) is 4.75. The molecule has 0 aromatic rings. The lowest BCUT2D eigenvalue weighted by atomic mass is 10.4. The summed E-state index contributed by atoms with van der Waals surface area (Å²) in [6.07, 6.45) is 3.09. The van der Waals surface area contributed by atoms with E-state index in [0.29, 0.717) is 0 Å². The van der Waals surface area contributed by atoms with Crippen molar-refractivity contribution in [3.8, 4) is 0 Å². The smallest absolute Gasteiger partial charge is 0.198 e. The van der Waals surface area contributed by atoms with E-state index in [1.165, 1.54) is 0 Å². The van der Waals surface area contributed by atoms with Crippen molar-refractivity contribution in [3.63, 3.8) is 0 Å². The summed E-state index contributed by atoms with van der Waals surface area (Å²) in [6, 6.07) is 0. The topological polar surface area (TPSA) is 47.9 Å². The van der Waals surface area contributed by atoms with Gasteiger partial charge in [-0.25, -0.2) is 5.06 Å². The van der Waals surface area contributed by atoms with E-state index >= 15 is 0 Å². The minimum atomic E-state index is -0.329. The lowest BCUT2D eigenvalue weighted by molar-refractivity contribution is -0.0988. The van der Waals surface area contributed by atoms with E-state index in [9.17, 15) is 5.21 Å². The van der Waals surface area contributed by atoms with Crippen molar-refractivity contribution >= 4 is 6.21 Å². The molecular weight excluding hydrogens is 130 g/mol. The van der Waals surface area contributed by atoms with Crippen LogP contribution in [0.4, 0.5) is 0 Å². The molecule has 1 atom stereocenters. The lowest BCUT2D eigenvalue weighted by Crippen LogP contribution is -2.40. The zero-order valence-electron chi connectivity index (χ0n) is 6.07. The molecule has 4 nitrogen and oxygen atoms in total. The zero-order valence-corrected chi connectivity index (χ0v) is 6.07. The minimum absolute atomic E-state index is 0.329. The largest absolute Gasteiger partial charge is 0.285 e. The van der Waals surface area contributed by atoms with Gasteiger partial charge in [-0.1, -0.05) is 0 Å². The Kier molecular flexibility index (Phi) is 2.03.